The fraction of sp³-hybridized carbons (Fsp3) is 0.423. The number of benzene rings is 2. The number of hydrogen-bond donors (Lipinski definition) is 2. The number of nitrogens with zero attached hydrogens (tertiary/aromatic N) is 1. The van der Waals surface area contributed by atoms with Crippen LogP contribution in [-0.4, -0.2) is 36.1 Å². The molecular weight excluding hydrogens is 418 g/mol. The van der Waals surface area contributed by atoms with Crippen molar-refractivity contribution in [1.82, 2.24) is 4.57 Å². The highest BCUT2D eigenvalue weighted by atomic mass is 16.6. The van der Waals surface area contributed by atoms with Gasteiger partial charge in [-0.2, -0.15) is 0 Å². The molecular formula is C26H31N3O4. The Hall–Kier alpha value is -3.19. The smallest absolute Gasteiger partial charge is 0.411 e. The second kappa shape index (κ2) is 8.98. The molecule has 1 atom stereocenters. The molecule has 2 aliphatic rings. The van der Waals surface area contributed by atoms with Gasteiger partial charge in [0.25, 0.3) is 0 Å². The Labute approximate surface area is 193 Å². The van der Waals surface area contributed by atoms with Crippen LogP contribution in [0.2, 0.25) is 0 Å². The lowest BCUT2D eigenvalue weighted by Gasteiger charge is -2.14. The Bertz CT molecular complexity index is 1140. The van der Waals surface area contributed by atoms with Crippen molar-refractivity contribution in [2.45, 2.75) is 51.9 Å². The molecule has 2 heterocycles. The molecule has 5 rings (SSSR count). The quantitative estimate of drug-likeness (QED) is 0.502. The minimum absolute atomic E-state index is 0.105. The first-order valence-electron chi connectivity index (χ1n) is 11.7. The van der Waals surface area contributed by atoms with Crippen LogP contribution in [0.1, 0.15) is 33.1 Å². The maximum absolute atomic E-state index is 11.9. The number of carbonyl (C=O) groups excluding carboxylic acids is 1. The summed E-state index contributed by atoms with van der Waals surface area (Å²) >= 11 is 0. The molecule has 33 heavy (non-hydrogen) atoms. The lowest BCUT2D eigenvalue weighted by atomic mass is 10.1. The topological polar surface area (TPSA) is 87.7 Å². The molecule has 2 fully saturated rings. The maximum Gasteiger partial charge on any atom is 0.411 e. The average Bonchev–Trinajstić information content (AvgIpc) is 3.38. The summed E-state index contributed by atoms with van der Waals surface area (Å²) in [4.78, 5) is 11.9. The largest absolute Gasteiger partial charge is 0.488 e. The predicted octanol–water partition coefficient (Wildman–Crippen LogP) is 5.43. The standard InChI is InChI=1S/C26H31N3O4/c1-16(2)32-26(30)28-19-7-5-18(6-8-19)25-24(27)22-10-9-20(33-21-11-12-31-15-21)13-23(22)29(25)14-17-3-4-17/h5-10,13,16-17,21H,3-4,11-12,14-15,27H2,1-2H3,(H,28,30). The molecule has 1 aliphatic carbocycles. The van der Waals surface area contributed by atoms with Crippen LogP contribution in [0, 0.1) is 5.92 Å². The molecule has 7 heteroatoms. The molecule has 1 aliphatic heterocycles. The van der Waals surface area contributed by atoms with Gasteiger partial charge in [-0.1, -0.05) is 12.1 Å². The molecule has 0 spiro atoms. The molecule has 0 bridgehead atoms. The zero-order valence-electron chi connectivity index (χ0n) is 19.2. The van der Waals surface area contributed by atoms with Gasteiger partial charge in [0.2, 0.25) is 0 Å². The van der Waals surface area contributed by atoms with Gasteiger partial charge in [-0.05, 0) is 56.9 Å². The third-order valence-corrected chi connectivity index (χ3v) is 6.15. The van der Waals surface area contributed by atoms with Gasteiger partial charge in [0, 0.05) is 35.7 Å². The van der Waals surface area contributed by atoms with Crippen LogP contribution < -0.4 is 15.8 Å². The van der Waals surface area contributed by atoms with Gasteiger partial charge in [-0.25, -0.2) is 4.79 Å². The Morgan fingerprint density at radius 3 is 2.64 bits per heavy atom. The van der Waals surface area contributed by atoms with Crippen molar-refractivity contribution in [2.75, 3.05) is 24.3 Å². The van der Waals surface area contributed by atoms with Crippen molar-refractivity contribution >= 4 is 28.4 Å². The van der Waals surface area contributed by atoms with Crippen molar-refractivity contribution in [3.63, 3.8) is 0 Å². The first kappa shape index (κ1) is 21.6. The maximum atomic E-state index is 11.9. The van der Waals surface area contributed by atoms with Crippen LogP contribution in [0.3, 0.4) is 0 Å². The highest BCUT2D eigenvalue weighted by Gasteiger charge is 2.26. The summed E-state index contributed by atoms with van der Waals surface area (Å²) in [6, 6.07) is 13.9. The summed E-state index contributed by atoms with van der Waals surface area (Å²) in [6.07, 6.45) is 2.89. The summed E-state index contributed by atoms with van der Waals surface area (Å²) < 4.78 is 19.1. The number of nitrogens with two attached hydrogens (primary N) is 1. The van der Waals surface area contributed by atoms with Gasteiger partial charge in [-0.15, -0.1) is 0 Å². The fourth-order valence-electron chi connectivity index (χ4n) is 4.36. The number of amides is 1. The molecule has 1 aromatic heterocycles. The predicted molar refractivity (Wildman–Crippen MR) is 130 cm³/mol. The first-order valence-corrected chi connectivity index (χ1v) is 11.7. The van der Waals surface area contributed by atoms with Crippen molar-refractivity contribution in [3.8, 4) is 17.0 Å². The highest BCUT2D eigenvalue weighted by Crippen LogP contribution is 2.41. The van der Waals surface area contributed by atoms with Crippen LogP contribution in [0.25, 0.3) is 22.2 Å². The molecule has 3 N–H and O–H groups in total. The van der Waals surface area contributed by atoms with E-state index in [9.17, 15) is 4.79 Å². The zero-order chi connectivity index (χ0) is 22.9. The second-order valence-electron chi connectivity index (χ2n) is 9.26. The SMILES string of the molecule is CC(C)OC(=O)Nc1ccc(-c2c(N)c3ccc(OC4CCOC4)cc3n2CC2CC2)cc1. The molecule has 1 saturated heterocycles. The number of hydrogen-bond acceptors (Lipinski definition) is 5. The zero-order valence-corrected chi connectivity index (χ0v) is 19.2. The van der Waals surface area contributed by atoms with E-state index in [-0.39, 0.29) is 12.2 Å². The molecule has 1 unspecified atom stereocenters. The van der Waals surface area contributed by atoms with Gasteiger partial charge >= 0.3 is 6.09 Å². The summed E-state index contributed by atoms with van der Waals surface area (Å²) in [5.41, 5.74) is 11.2. The van der Waals surface area contributed by atoms with Gasteiger partial charge in [-0.3, -0.25) is 5.32 Å². The van der Waals surface area contributed by atoms with E-state index in [1.165, 1.54) is 12.8 Å². The van der Waals surface area contributed by atoms with Gasteiger partial charge < -0.3 is 24.5 Å². The number of rotatable bonds is 7. The molecule has 174 valence electrons. The van der Waals surface area contributed by atoms with Gasteiger partial charge in [0.1, 0.15) is 11.9 Å². The van der Waals surface area contributed by atoms with Gasteiger partial charge in [0.15, 0.2) is 0 Å². The van der Waals surface area contributed by atoms with E-state index in [2.05, 4.69) is 22.0 Å². The van der Waals surface area contributed by atoms with Crippen LogP contribution in [0.15, 0.2) is 42.5 Å². The van der Waals surface area contributed by atoms with E-state index in [4.69, 9.17) is 19.9 Å². The number of ether oxygens (including phenoxy) is 3. The summed E-state index contributed by atoms with van der Waals surface area (Å²) in [5, 5.41) is 3.80. The Morgan fingerprint density at radius 1 is 1.18 bits per heavy atom. The second-order valence-corrected chi connectivity index (χ2v) is 9.26. The van der Waals surface area contributed by atoms with Crippen LogP contribution >= 0.6 is 0 Å². The number of nitrogen functional groups attached to an aromatic ring is 1. The molecule has 1 saturated carbocycles. The molecule has 3 aromatic rings. The third kappa shape index (κ3) is 4.78. The van der Waals surface area contributed by atoms with Crippen LogP contribution in [-0.2, 0) is 16.0 Å². The summed E-state index contributed by atoms with van der Waals surface area (Å²) in [6.45, 7) is 5.96. The Balaban J connectivity index is 1.47. The summed E-state index contributed by atoms with van der Waals surface area (Å²) in [7, 11) is 0. The Morgan fingerprint density at radius 2 is 1.97 bits per heavy atom. The van der Waals surface area contributed by atoms with Crippen molar-refractivity contribution in [2.24, 2.45) is 5.92 Å². The summed E-state index contributed by atoms with van der Waals surface area (Å²) in [5.74, 6) is 1.53. The van der Waals surface area contributed by atoms with Crippen molar-refractivity contribution in [3.05, 3.63) is 42.5 Å². The lowest BCUT2D eigenvalue weighted by molar-refractivity contribution is 0.130. The van der Waals surface area contributed by atoms with E-state index in [1.807, 2.05) is 44.2 Å². The number of aromatic nitrogens is 1. The van der Waals surface area contributed by atoms with E-state index < -0.39 is 6.09 Å². The first-order chi connectivity index (χ1) is 16.0. The molecule has 0 radical (unpaired) electrons. The number of carbonyl (C=O) groups is 1. The van der Waals surface area contributed by atoms with Crippen molar-refractivity contribution < 1.29 is 19.0 Å². The normalized spacial score (nSPS) is 18.1. The van der Waals surface area contributed by atoms with E-state index >= 15 is 0 Å². The molecule has 1 amide bonds. The third-order valence-electron chi connectivity index (χ3n) is 6.15. The van der Waals surface area contributed by atoms with E-state index in [0.29, 0.717) is 18.2 Å². The average molecular weight is 450 g/mol. The van der Waals surface area contributed by atoms with Gasteiger partial charge in [0.05, 0.1) is 36.2 Å². The number of nitrogens with one attached hydrogen (secondary N) is 1. The number of fused-ring (bicyclic) bond motifs is 1. The molecule has 2 aromatic carbocycles. The van der Waals surface area contributed by atoms with Crippen molar-refractivity contribution in [1.29, 1.82) is 0 Å². The number of anilines is 2. The molecule has 7 nitrogen and oxygen atoms in total. The lowest BCUT2D eigenvalue weighted by Crippen LogP contribution is -2.17. The fourth-order valence-corrected chi connectivity index (χ4v) is 4.36. The van der Waals surface area contributed by atoms with Crippen LogP contribution in [0.5, 0.6) is 5.75 Å². The highest BCUT2D eigenvalue weighted by molar-refractivity contribution is 6.01. The van der Waals surface area contributed by atoms with E-state index in [1.54, 1.807) is 0 Å². The minimum atomic E-state index is -0.458. The minimum Gasteiger partial charge on any atom is -0.488 e. The van der Waals surface area contributed by atoms with E-state index in [0.717, 1.165) is 53.2 Å². The van der Waals surface area contributed by atoms with Crippen LogP contribution in [0.4, 0.5) is 16.2 Å². The Kier molecular flexibility index (Phi) is 5.89. The monoisotopic (exact) mass is 449 g/mol.